The minimum Gasteiger partial charge on any atom is -0.324 e. The molecule has 2 N–H and O–H groups in total. The van der Waals surface area contributed by atoms with E-state index >= 15 is 0 Å². The summed E-state index contributed by atoms with van der Waals surface area (Å²) in [6, 6.07) is -0.361. The Labute approximate surface area is 78.9 Å². The van der Waals surface area contributed by atoms with Crippen LogP contribution in [0.15, 0.2) is 0 Å². The van der Waals surface area contributed by atoms with Crippen LogP contribution in [0.5, 0.6) is 0 Å². The van der Waals surface area contributed by atoms with Crippen LogP contribution >= 0.6 is 0 Å². The molecule has 1 heterocycles. The van der Waals surface area contributed by atoms with Crippen molar-refractivity contribution < 1.29 is 13.2 Å². The van der Waals surface area contributed by atoms with Gasteiger partial charge in [0, 0.05) is 6.04 Å². The molecule has 14 heavy (non-hydrogen) atoms. The zero-order chi connectivity index (χ0) is 10.9. The van der Waals surface area contributed by atoms with Crippen molar-refractivity contribution in [3.05, 3.63) is 11.6 Å². The van der Waals surface area contributed by atoms with Crippen molar-refractivity contribution in [3.8, 4) is 0 Å². The molecular formula is C7H11F3N4. The topological polar surface area (TPSA) is 56.7 Å². The summed E-state index contributed by atoms with van der Waals surface area (Å²) in [7, 11) is 0. The molecule has 0 aliphatic carbocycles. The molecule has 0 spiro atoms. The largest absolute Gasteiger partial charge is 0.451 e. The third-order valence-corrected chi connectivity index (χ3v) is 1.72. The highest BCUT2D eigenvalue weighted by atomic mass is 19.4. The molecule has 0 amide bonds. The fraction of sp³-hybridized carbons (Fsp3) is 0.714. The Morgan fingerprint density at radius 3 is 2.29 bits per heavy atom. The van der Waals surface area contributed by atoms with Crippen LogP contribution in [0.3, 0.4) is 0 Å². The first-order valence-corrected chi connectivity index (χ1v) is 4.09. The van der Waals surface area contributed by atoms with Crippen LogP contribution in [0.4, 0.5) is 13.2 Å². The second-order valence-corrected chi connectivity index (χ2v) is 3.11. The lowest BCUT2D eigenvalue weighted by Crippen LogP contribution is -2.19. The smallest absolute Gasteiger partial charge is 0.324 e. The number of alkyl halides is 3. The lowest BCUT2D eigenvalue weighted by Gasteiger charge is -2.14. The van der Waals surface area contributed by atoms with Crippen LogP contribution in [-0.4, -0.2) is 14.8 Å². The molecule has 0 saturated heterocycles. The van der Waals surface area contributed by atoms with Gasteiger partial charge in [-0.2, -0.15) is 13.2 Å². The Kier molecular flexibility index (Phi) is 2.79. The van der Waals surface area contributed by atoms with E-state index < -0.39 is 12.0 Å². The molecule has 0 fully saturated rings. The van der Waals surface area contributed by atoms with Gasteiger partial charge in [0.2, 0.25) is 5.82 Å². The lowest BCUT2D eigenvalue weighted by atomic mass is 10.3. The fourth-order valence-corrected chi connectivity index (χ4v) is 1.20. The Morgan fingerprint density at radius 1 is 1.36 bits per heavy atom. The molecule has 0 aliphatic heterocycles. The predicted octanol–water partition coefficient (Wildman–Crippen LogP) is 1.34. The van der Waals surface area contributed by atoms with E-state index in [1.807, 2.05) is 0 Å². The van der Waals surface area contributed by atoms with Crippen molar-refractivity contribution in [1.82, 2.24) is 14.8 Å². The minimum atomic E-state index is -4.48. The maximum atomic E-state index is 12.4. The molecule has 1 aromatic rings. The summed E-state index contributed by atoms with van der Waals surface area (Å²) in [5.41, 5.74) is 5.25. The van der Waals surface area contributed by atoms with Gasteiger partial charge in [0.05, 0.1) is 6.54 Å². The normalized spacial score (nSPS) is 12.5. The molecule has 7 heteroatoms. The van der Waals surface area contributed by atoms with Crippen LogP contribution < -0.4 is 5.73 Å². The van der Waals surface area contributed by atoms with Crippen LogP contribution in [0.1, 0.15) is 31.5 Å². The lowest BCUT2D eigenvalue weighted by molar-refractivity contribution is -0.148. The van der Waals surface area contributed by atoms with E-state index in [0.717, 1.165) is 4.57 Å². The molecule has 0 unspecified atom stereocenters. The van der Waals surface area contributed by atoms with E-state index in [1.54, 1.807) is 13.8 Å². The monoisotopic (exact) mass is 208 g/mol. The van der Waals surface area contributed by atoms with E-state index in [-0.39, 0.29) is 18.4 Å². The highest BCUT2D eigenvalue weighted by Crippen LogP contribution is 2.29. The molecule has 1 aromatic heterocycles. The molecule has 0 bridgehead atoms. The maximum Gasteiger partial charge on any atom is 0.451 e. The predicted molar refractivity (Wildman–Crippen MR) is 43.3 cm³/mol. The SMILES string of the molecule is CC(C)n1c(CN)nnc1C(F)(F)F. The highest BCUT2D eigenvalue weighted by Gasteiger charge is 2.38. The molecule has 0 aliphatic rings. The number of halogens is 3. The summed E-state index contributed by atoms with van der Waals surface area (Å²) in [6.07, 6.45) is -4.48. The van der Waals surface area contributed by atoms with Gasteiger partial charge in [-0.25, -0.2) is 0 Å². The molecule has 80 valence electrons. The van der Waals surface area contributed by atoms with Gasteiger partial charge >= 0.3 is 6.18 Å². The first-order chi connectivity index (χ1) is 6.38. The molecule has 0 radical (unpaired) electrons. The van der Waals surface area contributed by atoms with Gasteiger partial charge in [-0.1, -0.05) is 0 Å². The quantitative estimate of drug-likeness (QED) is 0.797. The first-order valence-electron chi connectivity index (χ1n) is 4.09. The third-order valence-electron chi connectivity index (χ3n) is 1.72. The zero-order valence-electron chi connectivity index (χ0n) is 7.84. The average Bonchev–Trinajstić information content (AvgIpc) is 2.45. The van der Waals surface area contributed by atoms with Crippen molar-refractivity contribution in [3.63, 3.8) is 0 Å². The van der Waals surface area contributed by atoms with Crippen LogP contribution in [-0.2, 0) is 12.7 Å². The van der Waals surface area contributed by atoms with Gasteiger partial charge in [0.15, 0.2) is 0 Å². The number of nitrogens with two attached hydrogens (primary N) is 1. The van der Waals surface area contributed by atoms with E-state index in [2.05, 4.69) is 10.2 Å². The number of rotatable bonds is 2. The fourth-order valence-electron chi connectivity index (χ4n) is 1.20. The minimum absolute atomic E-state index is 0.0543. The molecule has 0 aromatic carbocycles. The second-order valence-electron chi connectivity index (χ2n) is 3.11. The second kappa shape index (κ2) is 3.56. The van der Waals surface area contributed by atoms with Crippen LogP contribution in [0.25, 0.3) is 0 Å². The maximum absolute atomic E-state index is 12.4. The van der Waals surface area contributed by atoms with Crippen molar-refractivity contribution in [2.45, 2.75) is 32.6 Å². The van der Waals surface area contributed by atoms with Gasteiger partial charge in [0.1, 0.15) is 5.82 Å². The van der Waals surface area contributed by atoms with Crippen LogP contribution in [0.2, 0.25) is 0 Å². The van der Waals surface area contributed by atoms with Gasteiger partial charge in [-0.05, 0) is 13.8 Å². The summed E-state index contributed by atoms with van der Waals surface area (Å²) in [5, 5.41) is 6.48. The summed E-state index contributed by atoms with van der Waals surface area (Å²) >= 11 is 0. The Hall–Kier alpha value is -1.11. The van der Waals surface area contributed by atoms with E-state index in [9.17, 15) is 13.2 Å². The van der Waals surface area contributed by atoms with E-state index in [0.29, 0.717) is 0 Å². The molecule has 4 nitrogen and oxygen atoms in total. The molecular weight excluding hydrogens is 197 g/mol. The standard InChI is InChI=1S/C7H11F3N4/c1-4(2)14-5(3-11)12-13-6(14)7(8,9)10/h4H,3,11H2,1-2H3. The summed E-state index contributed by atoms with van der Waals surface area (Å²) in [6.45, 7) is 3.19. The van der Waals surface area contributed by atoms with Gasteiger partial charge < -0.3 is 10.3 Å². The molecule has 0 saturated carbocycles. The van der Waals surface area contributed by atoms with Gasteiger partial charge in [0.25, 0.3) is 0 Å². The van der Waals surface area contributed by atoms with Gasteiger partial charge in [-0.15, -0.1) is 10.2 Å². The van der Waals surface area contributed by atoms with Crippen molar-refractivity contribution in [2.75, 3.05) is 0 Å². The highest BCUT2D eigenvalue weighted by molar-refractivity contribution is 5.01. The Bertz CT molecular complexity index is 315. The van der Waals surface area contributed by atoms with Crippen molar-refractivity contribution >= 4 is 0 Å². The van der Waals surface area contributed by atoms with E-state index in [4.69, 9.17) is 5.73 Å². The molecule has 0 atom stereocenters. The van der Waals surface area contributed by atoms with Crippen molar-refractivity contribution in [2.24, 2.45) is 5.73 Å². The molecule has 1 rings (SSSR count). The Morgan fingerprint density at radius 2 is 1.93 bits per heavy atom. The number of hydrogen-bond donors (Lipinski definition) is 1. The zero-order valence-corrected chi connectivity index (χ0v) is 7.84. The number of hydrogen-bond acceptors (Lipinski definition) is 3. The van der Waals surface area contributed by atoms with Crippen LogP contribution in [0, 0.1) is 0 Å². The Balaban J connectivity index is 3.25. The average molecular weight is 208 g/mol. The summed E-state index contributed by atoms with van der Waals surface area (Å²) in [4.78, 5) is 0. The third kappa shape index (κ3) is 1.87. The summed E-state index contributed by atoms with van der Waals surface area (Å²) < 4.78 is 38.2. The number of nitrogens with zero attached hydrogens (tertiary/aromatic N) is 3. The number of aromatic nitrogens is 3. The van der Waals surface area contributed by atoms with Gasteiger partial charge in [-0.3, -0.25) is 0 Å². The van der Waals surface area contributed by atoms with Crippen molar-refractivity contribution in [1.29, 1.82) is 0 Å². The summed E-state index contributed by atoms with van der Waals surface area (Å²) in [5.74, 6) is -0.847. The van der Waals surface area contributed by atoms with E-state index in [1.165, 1.54) is 0 Å². The first kappa shape index (κ1) is 11.0.